The number of ether oxygens (including phenoxy) is 11. The lowest BCUT2D eigenvalue weighted by molar-refractivity contribution is -0.369. The smallest absolute Gasteiger partial charge is 0.202 e. The van der Waals surface area contributed by atoms with Crippen molar-refractivity contribution in [3.63, 3.8) is 0 Å². The summed E-state index contributed by atoms with van der Waals surface area (Å²) in [5.74, 6) is -4.54. The largest absolute Gasteiger partial charge is 0.507 e. The first-order chi connectivity index (χ1) is 37.0. The van der Waals surface area contributed by atoms with Crippen molar-refractivity contribution in [2.75, 3.05) is 26.1 Å². The predicted octanol–water partition coefficient (Wildman–Crippen LogP) is 0.157. The first-order valence-corrected chi connectivity index (χ1v) is 27.2. The third-order valence-corrected chi connectivity index (χ3v) is 17.1. The highest BCUT2D eigenvalue weighted by Crippen LogP contribution is 2.51. The Bertz CT molecular complexity index is 2570. The number of ketones is 2. The molecule has 5 fully saturated rings. The van der Waals surface area contributed by atoms with Gasteiger partial charge in [0.15, 0.2) is 30.4 Å². The Morgan fingerprint density at radius 2 is 1.38 bits per heavy atom. The van der Waals surface area contributed by atoms with E-state index in [1.54, 1.807) is 48.5 Å². The third kappa shape index (κ3) is 11.8. The van der Waals surface area contributed by atoms with Gasteiger partial charge < -0.3 is 114 Å². The van der Waals surface area contributed by atoms with E-state index in [4.69, 9.17) is 57.8 Å². The number of carbonyl (C=O) groups excluding carboxylic acids is 2. The van der Waals surface area contributed by atoms with Gasteiger partial charge in [-0.05, 0) is 94.2 Å². The quantitative estimate of drug-likeness (QED) is 0.0834. The molecule has 21 unspecified atom stereocenters. The van der Waals surface area contributed by atoms with E-state index in [0.717, 1.165) is 7.11 Å². The van der Waals surface area contributed by atoms with Gasteiger partial charge in [0.25, 0.3) is 0 Å². The average Bonchev–Trinajstić information content (AvgIpc) is 3.56. The summed E-state index contributed by atoms with van der Waals surface area (Å²) < 4.78 is 67.2. The van der Waals surface area contributed by atoms with E-state index < -0.39 is 168 Å². The number of methoxy groups -OCH3 is 1. The van der Waals surface area contributed by atoms with Crippen molar-refractivity contribution in [1.29, 1.82) is 0 Å². The lowest BCUT2D eigenvalue weighted by Crippen LogP contribution is -2.64. The summed E-state index contributed by atoms with van der Waals surface area (Å²) in [5, 5.41) is 123. The van der Waals surface area contributed by atoms with Gasteiger partial charge in [-0.3, -0.25) is 9.59 Å². The van der Waals surface area contributed by atoms with E-state index in [2.05, 4.69) is 0 Å². The number of fused-ring (bicyclic) bond motifs is 2. The van der Waals surface area contributed by atoms with Crippen LogP contribution in [0.5, 0.6) is 17.2 Å². The van der Waals surface area contributed by atoms with Gasteiger partial charge in [0.1, 0.15) is 77.8 Å². The van der Waals surface area contributed by atoms with Crippen LogP contribution in [0.25, 0.3) is 10.8 Å². The highest BCUT2D eigenvalue weighted by molar-refractivity contribution is 6.15. The van der Waals surface area contributed by atoms with Crippen LogP contribution in [-0.2, 0) is 58.6 Å². The van der Waals surface area contributed by atoms with Gasteiger partial charge in [-0.1, -0.05) is 0 Å². The van der Waals surface area contributed by atoms with E-state index in [1.165, 1.54) is 33.8 Å². The molecule has 0 spiro atoms. The molecule has 21 atom stereocenters. The second kappa shape index (κ2) is 22.8. The fourth-order valence-corrected chi connectivity index (χ4v) is 12.2. The second-order valence-electron chi connectivity index (χ2n) is 24.6. The SMILES string of the molecule is COC(C(=O)C(O)C(C)O)C1Cc2c(c(O)c3c(O)c(C)c(OC4CC(OC5COC(C)C(C)(O)C5O)C(O)CO4)cc3c2N)C(=O)C1OC1CC(OC2CC(O)C(OC3CC(C)(O)C(O)C(C)(C)O3)C(C)(C)O2)C(O)C(C)(C)O1. The zero-order valence-electron chi connectivity index (χ0n) is 47.3. The normalized spacial score (nSPS) is 40.2. The van der Waals surface area contributed by atoms with Crippen molar-refractivity contribution in [2.45, 2.75) is 247 Å². The number of hydrogen-bond donors (Lipinski definition) is 12. The van der Waals surface area contributed by atoms with Crippen LogP contribution >= 0.6 is 0 Å². The maximum atomic E-state index is 15.2. The highest BCUT2D eigenvalue weighted by Gasteiger charge is 2.56. The molecule has 5 heterocycles. The number of benzene rings is 2. The Morgan fingerprint density at radius 1 is 0.750 bits per heavy atom. The molecule has 2 aromatic carbocycles. The second-order valence-corrected chi connectivity index (χ2v) is 24.6. The lowest BCUT2D eigenvalue weighted by Gasteiger charge is -2.52. The minimum atomic E-state index is -1.99. The summed E-state index contributed by atoms with van der Waals surface area (Å²) in [6.07, 6.45) is -23.9. The summed E-state index contributed by atoms with van der Waals surface area (Å²) in [4.78, 5) is 29.2. The van der Waals surface area contributed by atoms with E-state index in [0.29, 0.717) is 0 Å². The Hall–Kier alpha value is -3.52. The van der Waals surface area contributed by atoms with Gasteiger partial charge in [-0.2, -0.15) is 0 Å². The third-order valence-electron chi connectivity index (χ3n) is 17.1. The number of hydrogen-bond acceptors (Lipinski definition) is 25. The Balaban J connectivity index is 1.06. The minimum absolute atomic E-state index is 0.00515. The molecule has 5 saturated heterocycles. The van der Waals surface area contributed by atoms with Crippen molar-refractivity contribution in [3.05, 3.63) is 22.8 Å². The van der Waals surface area contributed by atoms with Gasteiger partial charge in [-0.15, -0.1) is 0 Å². The Morgan fingerprint density at radius 3 is 2.00 bits per heavy atom. The minimum Gasteiger partial charge on any atom is -0.507 e. The number of nitrogens with two attached hydrogens (primary N) is 1. The van der Waals surface area contributed by atoms with Crippen molar-refractivity contribution < 1.29 is 118 Å². The molecule has 0 amide bonds. The number of aromatic hydroxyl groups is 2. The molecule has 0 bridgehead atoms. The van der Waals surface area contributed by atoms with E-state index in [9.17, 15) is 61.0 Å². The molecule has 1 aliphatic carbocycles. The summed E-state index contributed by atoms with van der Waals surface area (Å²) in [6.45, 7) is 16.4. The van der Waals surface area contributed by atoms with E-state index in [-0.39, 0.29) is 84.2 Å². The van der Waals surface area contributed by atoms with Crippen LogP contribution in [0, 0.1) is 12.8 Å². The van der Waals surface area contributed by atoms with Crippen molar-refractivity contribution in [1.82, 2.24) is 0 Å². The Kier molecular flexibility index (Phi) is 17.8. The summed E-state index contributed by atoms with van der Waals surface area (Å²) in [6, 6.07) is 1.41. The molecular formula is C55H83NO24. The maximum Gasteiger partial charge on any atom is 0.202 e. The van der Waals surface area contributed by atoms with Gasteiger partial charge in [0, 0.05) is 55.3 Å². The summed E-state index contributed by atoms with van der Waals surface area (Å²) >= 11 is 0. The summed E-state index contributed by atoms with van der Waals surface area (Å²) in [5.41, 5.74) is -0.668. The van der Waals surface area contributed by atoms with Gasteiger partial charge in [-0.25, -0.2) is 0 Å². The van der Waals surface area contributed by atoms with Crippen LogP contribution in [0.3, 0.4) is 0 Å². The maximum absolute atomic E-state index is 15.2. The molecule has 0 saturated carbocycles. The first-order valence-electron chi connectivity index (χ1n) is 27.2. The standard InChI is InChI=1S/C55H83NO24/c1-21-29(74-33-16-30(28(59)19-72-33)73-32-20-71-23(3)55(11,69)48(32)66)14-25-37(40(21)60)42(62)38-24(39(25)56)13-26(45(70-12)44(64)41(61)22(2)57)46(43(38)63)76-35-17-31(47(65)51(4,5)78-35)75-34-15-27(58)49(52(6,7)79-34)77-36-18-54(10,68)50(67)53(8,9)80-36/h14,22-23,26-28,30-36,41,45-50,57-62,65-69H,13,15-20,56H2,1-12H3. The van der Waals surface area contributed by atoms with E-state index >= 15 is 4.79 Å². The molecule has 80 heavy (non-hydrogen) atoms. The van der Waals surface area contributed by atoms with Crippen LogP contribution in [0.15, 0.2) is 6.07 Å². The predicted molar refractivity (Wildman–Crippen MR) is 277 cm³/mol. The molecule has 452 valence electrons. The van der Waals surface area contributed by atoms with Gasteiger partial charge >= 0.3 is 0 Å². The highest BCUT2D eigenvalue weighted by atomic mass is 16.7. The zero-order chi connectivity index (χ0) is 59.3. The molecular weight excluding hydrogens is 1060 g/mol. The van der Waals surface area contributed by atoms with Crippen molar-refractivity contribution in [2.24, 2.45) is 5.92 Å². The molecule has 2 aromatic rings. The van der Waals surface area contributed by atoms with Crippen molar-refractivity contribution in [3.8, 4) is 17.2 Å². The number of anilines is 1. The number of nitrogen functional groups attached to an aromatic ring is 1. The molecule has 0 aromatic heterocycles. The van der Waals surface area contributed by atoms with Crippen LogP contribution in [0.4, 0.5) is 5.69 Å². The monoisotopic (exact) mass is 1140 g/mol. The van der Waals surface area contributed by atoms with Crippen LogP contribution in [-0.4, -0.2) is 227 Å². The number of aliphatic hydroxyl groups excluding tert-OH is 7. The number of phenols is 2. The zero-order valence-corrected chi connectivity index (χ0v) is 47.3. The number of carbonyl (C=O) groups is 2. The van der Waals surface area contributed by atoms with Crippen molar-refractivity contribution >= 4 is 28.0 Å². The average molecular weight is 1140 g/mol. The molecule has 8 rings (SSSR count). The molecule has 25 heteroatoms. The molecule has 5 aliphatic heterocycles. The van der Waals surface area contributed by atoms with Crippen LogP contribution in [0.2, 0.25) is 0 Å². The topological polar surface area (TPSA) is 384 Å². The van der Waals surface area contributed by atoms with Crippen LogP contribution < -0.4 is 10.5 Å². The van der Waals surface area contributed by atoms with Crippen LogP contribution in [0.1, 0.15) is 116 Å². The molecule has 0 radical (unpaired) electrons. The van der Waals surface area contributed by atoms with Gasteiger partial charge in [0.05, 0.1) is 77.1 Å². The summed E-state index contributed by atoms with van der Waals surface area (Å²) in [7, 11) is 1.16. The van der Waals surface area contributed by atoms with E-state index in [1.807, 2.05) is 0 Å². The van der Waals surface area contributed by atoms with Gasteiger partial charge in [0.2, 0.25) is 6.29 Å². The number of rotatable bonds is 15. The molecule has 13 N–H and O–H groups in total. The first kappa shape index (κ1) is 62.5. The molecule has 25 nitrogen and oxygen atoms in total. The lowest BCUT2D eigenvalue weighted by atomic mass is 9.74. The Labute approximate surface area is 463 Å². The fourth-order valence-electron chi connectivity index (χ4n) is 12.2. The molecule has 6 aliphatic rings. The number of Topliss-reactive ketones (excluding diaryl/α,β-unsaturated/α-hetero) is 2. The number of phenolic OH excluding ortho intramolecular Hbond substituents is 2. The number of aliphatic hydroxyl groups is 9. The fraction of sp³-hybridized carbons (Fsp3) is 0.782.